The molecule has 0 aliphatic carbocycles. The van der Waals surface area contributed by atoms with E-state index >= 15 is 0 Å². The molecular weight excluding hydrogens is 1550 g/mol. The summed E-state index contributed by atoms with van der Waals surface area (Å²) in [6.07, 6.45) is 0. The summed E-state index contributed by atoms with van der Waals surface area (Å²) in [5.74, 6) is -3.26. The number of benzene rings is 5. The summed E-state index contributed by atoms with van der Waals surface area (Å²) >= 11 is 17.6. The second kappa shape index (κ2) is 38.0. The molecule has 6 N–H and O–H groups in total. The van der Waals surface area contributed by atoms with Crippen molar-refractivity contribution in [2.24, 2.45) is 21.1 Å². The van der Waals surface area contributed by atoms with Crippen molar-refractivity contribution >= 4 is 106 Å². The van der Waals surface area contributed by atoms with Crippen LogP contribution in [0.5, 0.6) is 0 Å². The van der Waals surface area contributed by atoms with Gasteiger partial charge in [-0.25, -0.2) is 24.0 Å². The second-order valence-electron chi connectivity index (χ2n) is 19.6. The van der Waals surface area contributed by atoms with Gasteiger partial charge in [0.2, 0.25) is 0 Å². The summed E-state index contributed by atoms with van der Waals surface area (Å²) < 4.78 is 17.8. The molecule has 10 aromatic rings. The number of aromatic nitrogens is 5. The van der Waals surface area contributed by atoms with Crippen molar-refractivity contribution < 1.29 is 95.1 Å². The zero-order valence-electron chi connectivity index (χ0n) is 52.1. The van der Waals surface area contributed by atoms with E-state index in [4.69, 9.17) is 9.47 Å². The SMILES string of the molecule is CCOC(=O)c1c(C)[nH]c(-c2ccccc2)c1Br.CCOC(=O)c1cc(-c2ccccc2)[nH]c1C.Cc1c(C(=O)O)c(Br)c(-c2ccccc2)n1C.Cc1c(C(=O)O)c(Br)c(-c2ccccc2)n1C.Cc1c(C(=O)O)c(C)n(C)c1-c1ccccc1.[Br][Cu][Br].[Na+].[OH-]. The first-order valence-corrected chi connectivity index (χ1v) is 34.5. The number of carboxylic acids is 3. The van der Waals surface area contributed by atoms with E-state index < -0.39 is 17.9 Å². The van der Waals surface area contributed by atoms with E-state index in [1.54, 1.807) is 27.7 Å². The third kappa shape index (κ3) is 19.9. The summed E-state index contributed by atoms with van der Waals surface area (Å²) in [7, 11) is 5.64. The summed E-state index contributed by atoms with van der Waals surface area (Å²) in [5, 5.41) is 27.6. The van der Waals surface area contributed by atoms with Crippen LogP contribution in [0.2, 0.25) is 0 Å². The molecule has 5 heterocycles. The number of aromatic amines is 2. The van der Waals surface area contributed by atoms with E-state index in [0.717, 1.165) is 94.8 Å². The molecule has 0 bridgehead atoms. The normalized spacial score (nSPS) is 10.1. The molecule has 0 amide bonds. The Hall–Kier alpha value is -6.27. The van der Waals surface area contributed by atoms with E-state index in [9.17, 15) is 39.3 Å². The van der Waals surface area contributed by atoms with E-state index in [1.807, 2.05) is 220 Å². The molecule has 10 rings (SSSR count). The molecule has 16 nitrogen and oxygen atoms in total. The van der Waals surface area contributed by atoms with Gasteiger partial charge >= 0.3 is 99.0 Å². The molecule has 0 saturated carbocycles. The van der Waals surface area contributed by atoms with Crippen molar-refractivity contribution in [2.45, 2.75) is 55.4 Å². The van der Waals surface area contributed by atoms with E-state index in [-0.39, 0.29) is 47.0 Å². The summed E-state index contributed by atoms with van der Waals surface area (Å²) in [5.41, 5.74) is 16.7. The zero-order chi connectivity index (χ0) is 65.8. The van der Waals surface area contributed by atoms with Crippen LogP contribution in [0.15, 0.2) is 171 Å². The molecule has 0 radical (unpaired) electrons. The zero-order valence-corrected chi connectivity index (χ0v) is 63.0. The van der Waals surface area contributed by atoms with Crippen LogP contribution in [-0.4, -0.2) is 87.5 Å². The predicted octanol–water partition coefficient (Wildman–Crippen LogP) is 15.5. The van der Waals surface area contributed by atoms with Crippen molar-refractivity contribution in [3.05, 3.63) is 233 Å². The number of carbonyl (C=O) groups is 5. The number of halogens is 5. The fourth-order valence-electron chi connectivity index (χ4n) is 9.74. The van der Waals surface area contributed by atoms with E-state index in [1.165, 1.54) is 11.3 Å². The molecule has 0 aliphatic rings. The Morgan fingerprint density at radius 1 is 0.451 bits per heavy atom. The molecule has 91 heavy (non-hydrogen) atoms. The Balaban J connectivity index is 0.000000292. The maximum Gasteiger partial charge on any atom is 1.00 e. The number of hydrogen-bond acceptors (Lipinski definition) is 8. The van der Waals surface area contributed by atoms with Gasteiger partial charge in [-0.15, -0.1) is 0 Å². The van der Waals surface area contributed by atoms with E-state index in [2.05, 4.69) is 86.0 Å². The minimum atomic E-state index is -0.910. The maximum atomic E-state index is 11.9. The number of carboxylic acid groups (broad SMARTS) is 3. The second-order valence-corrected chi connectivity index (χ2v) is 26.8. The van der Waals surface area contributed by atoms with Crippen molar-refractivity contribution in [1.29, 1.82) is 0 Å². The first-order valence-electron chi connectivity index (χ1n) is 27.5. The standard InChI is InChI=1S/C14H14BrNO2.2C14H15NO2.2C13H12BrNO2.2BrH.Cu.Na.H2O/c1-3-18-14(17)11-9(2)16-13(12(11)15)10-7-5-4-6-8-10;1-9-12(14(16)17)10(2)15(3)13(9)11-7-5-4-6-8-11;1-3-17-14(16)12-9-13(15-10(12)2)11-7-5-4-6-8-11;2*1-8-10(13(16)17)11(14)12(15(8)2)9-6-4-3-5-7-9;;;;;/h4-8,16H,3H2,1-2H3;4-8H,1-3H3,(H,16,17);4-9,15H,3H2,1-2H3;2*3-7H,1-2H3,(H,16,17);2*1H;;;1H2/q;;;;;;;+2;+1;/p-3. The Morgan fingerprint density at radius 2 is 0.769 bits per heavy atom. The average molecular weight is 1620 g/mol. The smallest absolute Gasteiger partial charge is 0.870 e. The molecule has 0 saturated heterocycles. The van der Waals surface area contributed by atoms with E-state index in [0.29, 0.717) is 50.0 Å². The Kier molecular flexibility index (Phi) is 33.0. The Morgan fingerprint density at radius 3 is 1.11 bits per heavy atom. The van der Waals surface area contributed by atoms with Crippen LogP contribution in [-0.2, 0) is 42.0 Å². The molecular formula is C68H69Br5CuN5NaO11. The molecule has 5 aromatic carbocycles. The first kappa shape index (κ1) is 79.0. The van der Waals surface area contributed by atoms with Gasteiger partial charge < -0.3 is 53.9 Å². The first-order chi connectivity index (χ1) is 42.4. The van der Waals surface area contributed by atoms with Gasteiger partial charge in [-0.3, -0.25) is 0 Å². The Bertz CT molecular complexity index is 3790. The average Bonchev–Trinajstić information content (AvgIpc) is 1.82. The van der Waals surface area contributed by atoms with Crippen LogP contribution in [0, 0.1) is 41.5 Å². The summed E-state index contributed by atoms with van der Waals surface area (Å²) in [6, 6.07) is 50.9. The third-order valence-corrected chi connectivity index (χ3v) is 16.6. The number of aromatic carboxylic acids is 3. The van der Waals surface area contributed by atoms with Gasteiger partial charge in [-0.05, 0) is 143 Å². The number of carbonyl (C=O) groups excluding carboxylic acids is 2. The number of rotatable bonds is 12. The number of nitrogens with one attached hydrogen (secondary N) is 2. The van der Waals surface area contributed by atoms with Crippen LogP contribution in [0.25, 0.3) is 56.3 Å². The maximum absolute atomic E-state index is 11.9. The van der Waals surface area contributed by atoms with Crippen LogP contribution in [0.1, 0.15) is 99.7 Å². The van der Waals surface area contributed by atoms with Crippen LogP contribution >= 0.6 is 76.0 Å². The van der Waals surface area contributed by atoms with Crippen molar-refractivity contribution in [3.8, 4) is 56.3 Å². The van der Waals surface area contributed by atoms with Gasteiger partial charge in [0.25, 0.3) is 0 Å². The number of esters is 2. The van der Waals surface area contributed by atoms with Crippen LogP contribution in [0.3, 0.4) is 0 Å². The number of hydrogen-bond donors (Lipinski definition) is 5. The van der Waals surface area contributed by atoms with Gasteiger partial charge in [-0.1, -0.05) is 152 Å². The number of aryl methyl sites for hydroxylation is 2. The molecule has 0 unspecified atom stereocenters. The molecule has 0 atom stereocenters. The van der Waals surface area contributed by atoms with Crippen molar-refractivity contribution in [1.82, 2.24) is 23.7 Å². The van der Waals surface area contributed by atoms with Crippen molar-refractivity contribution in [2.75, 3.05) is 13.2 Å². The van der Waals surface area contributed by atoms with Gasteiger partial charge in [0.1, 0.15) is 0 Å². The molecule has 0 fully saturated rings. The minimum Gasteiger partial charge on any atom is -0.870 e. The third-order valence-electron chi connectivity index (χ3n) is 14.2. The largest absolute Gasteiger partial charge is 1.00 e. The topological polar surface area (TPSA) is 241 Å². The summed E-state index contributed by atoms with van der Waals surface area (Å²) in [6.45, 7) is 15.4. The molecule has 0 aliphatic heterocycles. The van der Waals surface area contributed by atoms with Gasteiger partial charge in [0.05, 0.1) is 77.2 Å². The van der Waals surface area contributed by atoms with Gasteiger partial charge in [0, 0.05) is 55.3 Å². The monoisotopic (exact) mass is 1610 g/mol. The fourth-order valence-corrected chi connectivity index (χ4v) is 12.4. The fraction of sp³-hybridized carbons (Fsp3) is 0.191. The molecule has 23 heteroatoms. The molecule has 0 spiro atoms. The summed E-state index contributed by atoms with van der Waals surface area (Å²) in [4.78, 5) is 63.6. The van der Waals surface area contributed by atoms with Crippen LogP contribution < -0.4 is 29.6 Å². The predicted molar refractivity (Wildman–Crippen MR) is 369 cm³/mol. The quantitative estimate of drug-likeness (QED) is 0.0569. The number of H-pyrrole nitrogens is 2. The molecule has 5 aromatic heterocycles. The number of ether oxygens (including phenoxy) is 2. The number of nitrogens with zero attached hydrogens (tertiary/aromatic N) is 3. The van der Waals surface area contributed by atoms with Crippen LogP contribution in [0.4, 0.5) is 0 Å². The van der Waals surface area contributed by atoms with Crippen molar-refractivity contribution in [3.63, 3.8) is 0 Å². The van der Waals surface area contributed by atoms with Gasteiger partial charge in [-0.2, -0.15) is 0 Å². The molecule has 479 valence electrons. The minimum absolute atomic E-state index is 0. The van der Waals surface area contributed by atoms with Gasteiger partial charge in [0.15, 0.2) is 0 Å². The Labute approximate surface area is 597 Å².